The summed E-state index contributed by atoms with van der Waals surface area (Å²) in [7, 11) is -9.24. The van der Waals surface area contributed by atoms with E-state index in [9.17, 15) is 16.8 Å². The van der Waals surface area contributed by atoms with Crippen LogP contribution < -0.4 is 0 Å². The van der Waals surface area contributed by atoms with Crippen molar-refractivity contribution in [2.45, 2.75) is 0 Å². The molecule has 0 bridgehead atoms. The largest absolute Gasteiger partial charge is 0.285 e. The Morgan fingerprint density at radius 1 is 0.818 bits per heavy atom. The van der Waals surface area contributed by atoms with E-state index in [4.69, 9.17) is 9.11 Å². The molecule has 2 N–H and O–H groups in total. The fraction of sp³-hybridized carbons (Fsp3) is 1.00. The van der Waals surface area contributed by atoms with Gasteiger partial charge < -0.3 is 0 Å². The van der Waals surface area contributed by atoms with E-state index in [0.29, 0.717) is 0 Å². The molecule has 0 aliphatic rings. The third-order valence-electron chi connectivity index (χ3n) is 0.298. The Labute approximate surface area is 150 Å². The van der Waals surface area contributed by atoms with Gasteiger partial charge in [-0.1, -0.05) is 0 Å². The van der Waals surface area contributed by atoms with E-state index in [1.807, 2.05) is 0 Å². The van der Waals surface area contributed by atoms with Gasteiger partial charge in [-0.3, -0.25) is 9.11 Å². The van der Waals surface area contributed by atoms with Gasteiger partial charge in [0.2, 0.25) is 5.08 Å². The van der Waals surface area contributed by atoms with Crippen LogP contribution in [0.1, 0.15) is 0 Å². The van der Waals surface area contributed by atoms with Crippen LogP contribution >= 0.6 is 0 Å². The maximum absolute atomic E-state index is 9.66. The molecule has 0 spiro atoms. The van der Waals surface area contributed by atoms with Gasteiger partial charge in [-0.05, 0) is 0 Å². The Kier molecular flexibility index (Phi) is 13.2. The first-order valence-corrected chi connectivity index (χ1v) is 4.83. The van der Waals surface area contributed by atoms with E-state index in [0.717, 1.165) is 0 Å². The molecule has 11 heavy (non-hydrogen) atoms. The van der Waals surface area contributed by atoms with Gasteiger partial charge in [0.15, 0.2) is 0 Å². The Hall–Kier alpha value is 3.09. The van der Waals surface area contributed by atoms with Crippen molar-refractivity contribution < 1.29 is 25.9 Å². The van der Waals surface area contributed by atoms with Crippen LogP contribution in [0.15, 0.2) is 0 Å². The molecule has 10 heteroatoms. The fourth-order valence-electron chi connectivity index (χ4n) is 0.188. The van der Waals surface area contributed by atoms with Crippen LogP contribution in [0.25, 0.3) is 0 Å². The van der Waals surface area contributed by atoms with Gasteiger partial charge in [-0.25, -0.2) is 0 Å². The van der Waals surface area contributed by atoms with Crippen molar-refractivity contribution in [1.29, 1.82) is 0 Å². The normalized spacial score (nSPS) is 11.1. The van der Waals surface area contributed by atoms with Crippen molar-refractivity contribution in [3.8, 4) is 0 Å². The van der Waals surface area contributed by atoms with E-state index in [-0.39, 0.29) is 103 Å². The summed E-state index contributed by atoms with van der Waals surface area (Å²) in [6, 6.07) is 0. The predicted octanol–water partition coefficient (Wildman–Crippen LogP) is -2.04. The molecule has 0 rings (SSSR count). The standard InChI is InChI=1S/CH4O6S2.2K/c2-8(3,4)1-9(5,6)7;;/h1H2,(H,2,3,4)(H,5,6,7);;. The topological polar surface area (TPSA) is 109 Å². The van der Waals surface area contributed by atoms with E-state index in [1.165, 1.54) is 0 Å². The van der Waals surface area contributed by atoms with Gasteiger partial charge in [0.1, 0.15) is 0 Å². The monoisotopic (exact) mass is 254 g/mol. The molecule has 0 saturated heterocycles. The number of hydrogen-bond donors (Lipinski definition) is 2. The zero-order valence-electron chi connectivity index (χ0n) is 6.05. The number of rotatable bonds is 2. The van der Waals surface area contributed by atoms with Gasteiger partial charge in [-0.2, -0.15) is 16.8 Å². The molecule has 0 unspecified atom stereocenters. The first-order chi connectivity index (χ1) is 3.71. The molecule has 0 heterocycles. The van der Waals surface area contributed by atoms with Gasteiger partial charge in [0, 0.05) is 103 Å². The smallest absolute Gasteiger partial charge is 0.281 e. The van der Waals surface area contributed by atoms with Crippen molar-refractivity contribution in [3.63, 3.8) is 0 Å². The minimum absolute atomic E-state index is 0. The van der Waals surface area contributed by atoms with Crippen LogP contribution in [0.4, 0.5) is 0 Å². The van der Waals surface area contributed by atoms with Gasteiger partial charge in [0.25, 0.3) is 20.2 Å². The second-order valence-electron chi connectivity index (χ2n) is 1.28. The second kappa shape index (κ2) is 7.39. The van der Waals surface area contributed by atoms with E-state index < -0.39 is 25.3 Å². The van der Waals surface area contributed by atoms with Gasteiger partial charge in [0.05, 0.1) is 0 Å². The summed E-state index contributed by atoms with van der Waals surface area (Å²) in [5.41, 5.74) is 0. The molecule has 0 aliphatic carbocycles. The zero-order valence-corrected chi connectivity index (χ0v) is 13.9. The van der Waals surface area contributed by atoms with Crippen molar-refractivity contribution >= 4 is 123 Å². The van der Waals surface area contributed by atoms with E-state index in [2.05, 4.69) is 0 Å². The molecular formula is CH4K2O6S2. The quantitative estimate of drug-likeness (QED) is 0.434. The maximum atomic E-state index is 9.66. The first-order valence-electron chi connectivity index (χ1n) is 1.61. The third-order valence-corrected chi connectivity index (χ3v) is 2.68. The minimum Gasteiger partial charge on any atom is -0.285 e. The van der Waals surface area contributed by atoms with E-state index in [1.54, 1.807) is 0 Å². The Morgan fingerprint density at radius 2 is 1.00 bits per heavy atom. The molecule has 0 aromatic heterocycles. The van der Waals surface area contributed by atoms with Crippen LogP contribution in [0.2, 0.25) is 0 Å². The molecular weight excluding hydrogens is 250 g/mol. The van der Waals surface area contributed by atoms with Crippen molar-refractivity contribution in [1.82, 2.24) is 0 Å². The Bertz CT molecular complexity index is 244. The minimum atomic E-state index is -4.62. The van der Waals surface area contributed by atoms with E-state index >= 15 is 0 Å². The summed E-state index contributed by atoms with van der Waals surface area (Å²) in [5, 5.41) is -1.65. The average molecular weight is 254 g/mol. The maximum Gasteiger partial charge on any atom is 0.281 e. The summed E-state index contributed by atoms with van der Waals surface area (Å²) in [4.78, 5) is 0. The predicted molar refractivity (Wildman–Crippen MR) is 39.5 cm³/mol. The molecule has 0 amide bonds. The summed E-state index contributed by atoms with van der Waals surface area (Å²) in [5.74, 6) is 0. The Balaban J connectivity index is -0.000000320. The van der Waals surface area contributed by atoms with Crippen LogP contribution in [-0.2, 0) is 20.2 Å². The third kappa shape index (κ3) is 19.5. The fourth-order valence-corrected chi connectivity index (χ4v) is 1.69. The molecule has 2 radical (unpaired) electrons. The van der Waals surface area contributed by atoms with Crippen LogP contribution in [0.3, 0.4) is 0 Å². The zero-order chi connectivity index (χ0) is 7.71. The average Bonchev–Trinajstić information content (AvgIpc) is 1.14. The molecule has 0 aliphatic heterocycles. The molecule has 0 saturated carbocycles. The molecule has 0 fully saturated rings. The summed E-state index contributed by atoms with van der Waals surface area (Å²) in [6.45, 7) is 0. The second-order valence-corrected chi connectivity index (χ2v) is 4.55. The van der Waals surface area contributed by atoms with Crippen molar-refractivity contribution in [3.05, 3.63) is 0 Å². The Morgan fingerprint density at radius 3 is 1.00 bits per heavy atom. The summed E-state index contributed by atoms with van der Waals surface area (Å²) < 4.78 is 54.2. The van der Waals surface area contributed by atoms with Crippen molar-refractivity contribution in [2.75, 3.05) is 5.08 Å². The summed E-state index contributed by atoms with van der Waals surface area (Å²) in [6.07, 6.45) is 0. The first kappa shape index (κ1) is 19.6. The van der Waals surface area contributed by atoms with Crippen LogP contribution in [-0.4, -0.2) is 134 Å². The molecule has 58 valence electrons. The van der Waals surface area contributed by atoms with Gasteiger partial charge >= 0.3 is 0 Å². The van der Waals surface area contributed by atoms with Crippen LogP contribution in [0, 0.1) is 0 Å². The molecule has 6 nitrogen and oxygen atoms in total. The van der Waals surface area contributed by atoms with Crippen LogP contribution in [0.5, 0.6) is 0 Å². The SMILES string of the molecule is O=S(=O)(O)CS(=O)(=O)O.[K].[K]. The molecule has 0 aromatic rings. The molecule has 0 aromatic carbocycles. The molecule has 0 atom stereocenters. The van der Waals surface area contributed by atoms with Gasteiger partial charge in [-0.15, -0.1) is 0 Å². The van der Waals surface area contributed by atoms with Crippen molar-refractivity contribution in [2.24, 2.45) is 0 Å². The summed E-state index contributed by atoms with van der Waals surface area (Å²) >= 11 is 0. The number of hydrogen-bond acceptors (Lipinski definition) is 4.